The number of furan rings is 1. The van der Waals surface area contributed by atoms with Crippen molar-refractivity contribution in [3.8, 4) is 5.75 Å². The summed E-state index contributed by atoms with van der Waals surface area (Å²) in [7, 11) is 0. The van der Waals surface area contributed by atoms with E-state index in [0.717, 1.165) is 24.9 Å². The number of benzene rings is 1. The lowest BCUT2D eigenvalue weighted by atomic mass is 9.87. The number of aromatic hydroxyl groups is 1. The Bertz CT molecular complexity index is 519. The standard InChI is InChI=1S/C15H17NO2/c17-13-5-4-12-2-1-3-15(14(12)8-13)16-9-11-6-7-18-10-11/h4-8,10,15-17H,1-3,9H2. The second-order valence-electron chi connectivity index (χ2n) is 4.84. The molecule has 3 heteroatoms. The van der Waals surface area contributed by atoms with Crippen LogP contribution in [0.4, 0.5) is 0 Å². The minimum absolute atomic E-state index is 0.329. The molecule has 0 aliphatic heterocycles. The summed E-state index contributed by atoms with van der Waals surface area (Å²) in [6, 6.07) is 8.00. The van der Waals surface area contributed by atoms with Crippen molar-refractivity contribution >= 4 is 0 Å². The van der Waals surface area contributed by atoms with Crippen LogP contribution in [0, 0.1) is 0 Å². The summed E-state index contributed by atoms with van der Waals surface area (Å²) in [5.74, 6) is 0.353. The Hall–Kier alpha value is -1.74. The minimum Gasteiger partial charge on any atom is -0.508 e. The van der Waals surface area contributed by atoms with E-state index >= 15 is 0 Å². The summed E-state index contributed by atoms with van der Waals surface area (Å²) in [4.78, 5) is 0. The van der Waals surface area contributed by atoms with E-state index in [4.69, 9.17) is 4.42 Å². The molecule has 1 aliphatic carbocycles. The summed E-state index contributed by atoms with van der Waals surface area (Å²) in [5.41, 5.74) is 3.75. The number of hydrogen-bond donors (Lipinski definition) is 2. The molecule has 1 unspecified atom stereocenters. The number of nitrogens with one attached hydrogen (secondary N) is 1. The van der Waals surface area contributed by atoms with Crippen LogP contribution in [-0.4, -0.2) is 5.11 Å². The summed E-state index contributed by atoms with van der Waals surface area (Å²) >= 11 is 0. The maximum Gasteiger partial charge on any atom is 0.115 e. The highest BCUT2D eigenvalue weighted by atomic mass is 16.3. The Morgan fingerprint density at radius 2 is 2.28 bits per heavy atom. The molecule has 1 aliphatic rings. The fourth-order valence-corrected chi connectivity index (χ4v) is 2.63. The lowest BCUT2D eigenvalue weighted by Crippen LogP contribution is -2.24. The van der Waals surface area contributed by atoms with E-state index in [0.29, 0.717) is 11.8 Å². The fraction of sp³-hybridized carbons (Fsp3) is 0.333. The fourth-order valence-electron chi connectivity index (χ4n) is 2.63. The third-order valence-electron chi connectivity index (χ3n) is 3.58. The molecule has 1 atom stereocenters. The van der Waals surface area contributed by atoms with Gasteiger partial charge in [-0.15, -0.1) is 0 Å². The van der Waals surface area contributed by atoms with Gasteiger partial charge < -0.3 is 14.8 Å². The van der Waals surface area contributed by atoms with Gasteiger partial charge in [-0.05, 0) is 48.6 Å². The van der Waals surface area contributed by atoms with Crippen molar-refractivity contribution in [2.75, 3.05) is 0 Å². The van der Waals surface area contributed by atoms with Crippen molar-refractivity contribution in [2.45, 2.75) is 31.8 Å². The maximum absolute atomic E-state index is 9.62. The Balaban J connectivity index is 1.76. The second kappa shape index (κ2) is 4.86. The number of hydrogen-bond acceptors (Lipinski definition) is 3. The molecule has 0 spiro atoms. The molecule has 0 fully saturated rings. The van der Waals surface area contributed by atoms with E-state index in [1.54, 1.807) is 18.6 Å². The molecular formula is C15H17NO2. The van der Waals surface area contributed by atoms with Gasteiger partial charge in [0.05, 0.1) is 12.5 Å². The molecule has 2 aromatic rings. The number of fused-ring (bicyclic) bond motifs is 1. The molecule has 0 bridgehead atoms. The normalized spacial score (nSPS) is 18.6. The van der Waals surface area contributed by atoms with Gasteiger partial charge in [-0.1, -0.05) is 6.07 Å². The summed E-state index contributed by atoms with van der Waals surface area (Å²) < 4.78 is 5.06. The lowest BCUT2D eigenvalue weighted by molar-refractivity contribution is 0.444. The van der Waals surface area contributed by atoms with Crippen molar-refractivity contribution in [1.82, 2.24) is 5.32 Å². The predicted octanol–water partition coefficient (Wildman–Crippen LogP) is 3.15. The van der Waals surface area contributed by atoms with Gasteiger partial charge in [0.2, 0.25) is 0 Å². The molecule has 0 radical (unpaired) electrons. The Morgan fingerprint density at radius 1 is 1.33 bits per heavy atom. The average Bonchev–Trinajstić information content (AvgIpc) is 2.89. The van der Waals surface area contributed by atoms with Gasteiger partial charge in [-0.25, -0.2) is 0 Å². The van der Waals surface area contributed by atoms with Gasteiger partial charge in [0.1, 0.15) is 5.75 Å². The Kier molecular flexibility index (Phi) is 3.07. The molecule has 1 aromatic carbocycles. The zero-order valence-electron chi connectivity index (χ0n) is 10.2. The Labute approximate surface area is 106 Å². The van der Waals surface area contributed by atoms with Crippen LogP contribution in [0.2, 0.25) is 0 Å². The first-order chi connectivity index (χ1) is 8.83. The average molecular weight is 243 g/mol. The Morgan fingerprint density at radius 3 is 3.11 bits per heavy atom. The van der Waals surface area contributed by atoms with Gasteiger partial charge in [0, 0.05) is 18.2 Å². The first kappa shape index (κ1) is 11.4. The number of rotatable bonds is 3. The van der Waals surface area contributed by atoms with Crippen molar-refractivity contribution in [2.24, 2.45) is 0 Å². The highest BCUT2D eigenvalue weighted by molar-refractivity contribution is 5.38. The van der Waals surface area contributed by atoms with Crippen molar-refractivity contribution in [3.05, 3.63) is 53.5 Å². The third-order valence-corrected chi connectivity index (χ3v) is 3.58. The van der Waals surface area contributed by atoms with Crippen LogP contribution >= 0.6 is 0 Å². The smallest absolute Gasteiger partial charge is 0.115 e. The van der Waals surface area contributed by atoms with E-state index in [1.807, 2.05) is 18.2 Å². The van der Waals surface area contributed by atoms with Gasteiger partial charge in [-0.3, -0.25) is 0 Å². The molecular weight excluding hydrogens is 226 g/mol. The van der Waals surface area contributed by atoms with E-state index in [9.17, 15) is 5.11 Å². The van der Waals surface area contributed by atoms with Crippen LogP contribution in [0.1, 0.15) is 35.6 Å². The van der Waals surface area contributed by atoms with E-state index in [2.05, 4.69) is 5.32 Å². The molecule has 0 saturated heterocycles. The molecule has 0 amide bonds. The monoisotopic (exact) mass is 243 g/mol. The predicted molar refractivity (Wildman–Crippen MR) is 69.3 cm³/mol. The van der Waals surface area contributed by atoms with Crippen LogP contribution in [0.3, 0.4) is 0 Å². The molecule has 2 N–H and O–H groups in total. The number of phenolic OH excluding ortho intramolecular Hbond substituents is 1. The van der Waals surface area contributed by atoms with Gasteiger partial charge in [0.25, 0.3) is 0 Å². The molecule has 1 heterocycles. The summed E-state index contributed by atoms with van der Waals surface area (Å²) in [5, 5.41) is 13.2. The minimum atomic E-state index is 0.329. The van der Waals surface area contributed by atoms with Crippen molar-refractivity contribution in [3.63, 3.8) is 0 Å². The highest BCUT2D eigenvalue weighted by Crippen LogP contribution is 2.32. The highest BCUT2D eigenvalue weighted by Gasteiger charge is 2.20. The van der Waals surface area contributed by atoms with Gasteiger partial charge in [0.15, 0.2) is 0 Å². The lowest BCUT2D eigenvalue weighted by Gasteiger charge is -2.26. The third kappa shape index (κ3) is 2.27. The number of aryl methyl sites for hydroxylation is 1. The summed E-state index contributed by atoms with van der Waals surface area (Å²) in [6.07, 6.45) is 6.88. The first-order valence-corrected chi connectivity index (χ1v) is 6.39. The van der Waals surface area contributed by atoms with Crippen LogP contribution in [0.15, 0.2) is 41.2 Å². The first-order valence-electron chi connectivity index (χ1n) is 6.39. The van der Waals surface area contributed by atoms with Crippen LogP contribution in [0.5, 0.6) is 5.75 Å². The van der Waals surface area contributed by atoms with Crippen molar-refractivity contribution < 1.29 is 9.52 Å². The quantitative estimate of drug-likeness (QED) is 0.870. The zero-order chi connectivity index (χ0) is 12.4. The van der Waals surface area contributed by atoms with Gasteiger partial charge in [-0.2, -0.15) is 0 Å². The molecule has 3 rings (SSSR count). The molecule has 1 aromatic heterocycles. The van der Waals surface area contributed by atoms with E-state index in [1.165, 1.54) is 17.5 Å². The maximum atomic E-state index is 9.62. The van der Waals surface area contributed by atoms with E-state index in [-0.39, 0.29) is 0 Å². The largest absolute Gasteiger partial charge is 0.508 e. The molecule has 0 saturated carbocycles. The van der Waals surface area contributed by atoms with Gasteiger partial charge >= 0.3 is 0 Å². The van der Waals surface area contributed by atoms with Crippen LogP contribution in [-0.2, 0) is 13.0 Å². The van der Waals surface area contributed by atoms with Crippen LogP contribution < -0.4 is 5.32 Å². The summed E-state index contributed by atoms with van der Waals surface area (Å²) in [6.45, 7) is 0.802. The topological polar surface area (TPSA) is 45.4 Å². The van der Waals surface area contributed by atoms with E-state index < -0.39 is 0 Å². The molecule has 3 nitrogen and oxygen atoms in total. The molecule has 94 valence electrons. The zero-order valence-corrected chi connectivity index (χ0v) is 10.2. The van der Waals surface area contributed by atoms with Crippen molar-refractivity contribution in [1.29, 1.82) is 0 Å². The van der Waals surface area contributed by atoms with Crippen LogP contribution in [0.25, 0.3) is 0 Å². The number of phenols is 1. The SMILES string of the molecule is Oc1ccc2c(c1)C(NCc1ccoc1)CCC2. The second-order valence-corrected chi connectivity index (χ2v) is 4.84. The molecule has 18 heavy (non-hydrogen) atoms.